The standard InChI is InChI=1S/C18H26N4O2/c1-4-20-12-15(11-17(20)23)18(24)22-7-5-21(6-8-22)16-9-13(2)19-14(3)10-16/h9-10,15H,4-8,11-12H2,1-3H3/t15-/m1/s1. The van der Waals surface area contributed by atoms with Crippen molar-refractivity contribution in [3.8, 4) is 0 Å². The highest BCUT2D eigenvalue weighted by Crippen LogP contribution is 2.22. The summed E-state index contributed by atoms with van der Waals surface area (Å²) in [5, 5.41) is 0. The van der Waals surface area contributed by atoms with Gasteiger partial charge >= 0.3 is 0 Å². The molecule has 0 unspecified atom stereocenters. The van der Waals surface area contributed by atoms with Gasteiger partial charge in [0.05, 0.1) is 5.92 Å². The summed E-state index contributed by atoms with van der Waals surface area (Å²) in [5.74, 6) is 0.0904. The molecule has 0 radical (unpaired) electrons. The number of hydrogen-bond donors (Lipinski definition) is 0. The van der Waals surface area contributed by atoms with Gasteiger partial charge in [0.1, 0.15) is 0 Å². The number of piperazine rings is 1. The van der Waals surface area contributed by atoms with Gasteiger partial charge in [0.2, 0.25) is 11.8 Å². The van der Waals surface area contributed by atoms with Crippen molar-refractivity contribution in [2.45, 2.75) is 27.2 Å². The van der Waals surface area contributed by atoms with Crippen molar-refractivity contribution in [3.05, 3.63) is 23.5 Å². The monoisotopic (exact) mass is 330 g/mol. The van der Waals surface area contributed by atoms with Gasteiger partial charge in [0.15, 0.2) is 0 Å². The molecule has 2 fully saturated rings. The Bertz CT molecular complexity index is 618. The first-order chi connectivity index (χ1) is 11.5. The second kappa shape index (κ2) is 6.79. The topological polar surface area (TPSA) is 56.8 Å². The van der Waals surface area contributed by atoms with E-state index in [4.69, 9.17) is 0 Å². The van der Waals surface area contributed by atoms with Gasteiger partial charge in [-0.3, -0.25) is 14.6 Å². The number of carbonyl (C=O) groups excluding carboxylic acids is 2. The second-order valence-corrected chi connectivity index (χ2v) is 6.75. The summed E-state index contributed by atoms with van der Waals surface area (Å²) in [6.07, 6.45) is 0.371. The van der Waals surface area contributed by atoms with Crippen LogP contribution in [0, 0.1) is 19.8 Å². The molecule has 2 saturated heterocycles. The van der Waals surface area contributed by atoms with Gasteiger partial charge in [-0.05, 0) is 32.9 Å². The highest BCUT2D eigenvalue weighted by Gasteiger charge is 2.36. The molecule has 3 heterocycles. The number of aryl methyl sites for hydroxylation is 2. The van der Waals surface area contributed by atoms with Crippen LogP contribution in [0.4, 0.5) is 5.69 Å². The summed E-state index contributed by atoms with van der Waals surface area (Å²) in [4.78, 5) is 35.0. The first kappa shape index (κ1) is 16.7. The molecule has 0 saturated carbocycles. The van der Waals surface area contributed by atoms with Crippen LogP contribution in [0.2, 0.25) is 0 Å². The quantitative estimate of drug-likeness (QED) is 0.836. The van der Waals surface area contributed by atoms with Gasteiger partial charge in [-0.2, -0.15) is 0 Å². The van der Waals surface area contributed by atoms with E-state index < -0.39 is 0 Å². The third kappa shape index (κ3) is 3.37. The lowest BCUT2D eigenvalue weighted by atomic mass is 10.1. The summed E-state index contributed by atoms with van der Waals surface area (Å²) in [6.45, 7) is 10.3. The average Bonchev–Trinajstić information content (AvgIpc) is 2.94. The second-order valence-electron chi connectivity index (χ2n) is 6.75. The van der Waals surface area contributed by atoms with Crippen LogP contribution in [-0.4, -0.2) is 65.9 Å². The van der Waals surface area contributed by atoms with E-state index in [2.05, 4.69) is 22.0 Å². The number of carbonyl (C=O) groups is 2. The number of rotatable bonds is 3. The Balaban J connectivity index is 1.59. The third-order valence-electron chi connectivity index (χ3n) is 4.97. The van der Waals surface area contributed by atoms with Crippen molar-refractivity contribution < 1.29 is 9.59 Å². The van der Waals surface area contributed by atoms with Crippen molar-refractivity contribution in [2.24, 2.45) is 5.92 Å². The van der Waals surface area contributed by atoms with Gasteiger partial charge in [-0.25, -0.2) is 0 Å². The van der Waals surface area contributed by atoms with Gasteiger partial charge in [-0.1, -0.05) is 0 Å². The van der Waals surface area contributed by atoms with E-state index in [9.17, 15) is 9.59 Å². The molecule has 0 N–H and O–H groups in total. The molecule has 1 aromatic rings. The lowest BCUT2D eigenvalue weighted by Crippen LogP contribution is -2.50. The van der Waals surface area contributed by atoms with E-state index in [1.54, 1.807) is 4.90 Å². The summed E-state index contributed by atoms with van der Waals surface area (Å²) in [5.41, 5.74) is 3.22. The van der Waals surface area contributed by atoms with Gasteiger partial charge in [-0.15, -0.1) is 0 Å². The van der Waals surface area contributed by atoms with Crippen molar-refractivity contribution in [2.75, 3.05) is 44.2 Å². The van der Waals surface area contributed by atoms with E-state index in [1.807, 2.05) is 25.7 Å². The van der Waals surface area contributed by atoms with E-state index in [1.165, 1.54) is 5.69 Å². The van der Waals surface area contributed by atoms with E-state index >= 15 is 0 Å². The maximum Gasteiger partial charge on any atom is 0.228 e. The van der Waals surface area contributed by atoms with Crippen molar-refractivity contribution in [1.82, 2.24) is 14.8 Å². The van der Waals surface area contributed by atoms with E-state index in [-0.39, 0.29) is 17.7 Å². The SMILES string of the molecule is CCN1C[C@H](C(=O)N2CCN(c3cc(C)nc(C)c3)CC2)CC1=O. The molecule has 1 atom stereocenters. The van der Waals surface area contributed by atoms with Crippen LogP contribution in [0.1, 0.15) is 24.7 Å². The Kier molecular flexibility index (Phi) is 4.73. The van der Waals surface area contributed by atoms with E-state index in [0.29, 0.717) is 19.5 Å². The molecule has 2 aliphatic rings. The molecule has 0 spiro atoms. The number of pyridine rings is 1. The summed E-state index contributed by atoms with van der Waals surface area (Å²) < 4.78 is 0. The van der Waals surface area contributed by atoms with Crippen molar-refractivity contribution >= 4 is 17.5 Å². The molecule has 24 heavy (non-hydrogen) atoms. The molecule has 3 rings (SSSR count). The lowest BCUT2D eigenvalue weighted by Gasteiger charge is -2.37. The molecule has 1 aromatic heterocycles. The Hall–Kier alpha value is -2.11. The van der Waals surface area contributed by atoms with Crippen molar-refractivity contribution in [3.63, 3.8) is 0 Å². The minimum Gasteiger partial charge on any atom is -0.368 e. The third-order valence-corrected chi connectivity index (χ3v) is 4.97. The first-order valence-corrected chi connectivity index (χ1v) is 8.74. The Morgan fingerprint density at radius 2 is 1.79 bits per heavy atom. The summed E-state index contributed by atoms with van der Waals surface area (Å²) in [7, 11) is 0. The number of nitrogens with zero attached hydrogens (tertiary/aromatic N) is 4. The van der Waals surface area contributed by atoms with Crippen LogP contribution >= 0.6 is 0 Å². The number of amides is 2. The van der Waals surface area contributed by atoms with E-state index in [0.717, 1.165) is 37.6 Å². The van der Waals surface area contributed by atoms with Crippen molar-refractivity contribution in [1.29, 1.82) is 0 Å². The highest BCUT2D eigenvalue weighted by molar-refractivity contribution is 5.89. The van der Waals surface area contributed by atoms with Gasteiger partial charge in [0.25, 0.3) is 0 Å². The zero-order chi connectivity index (χ0) is 17.3. The molecule has 6 heteroatoms. The van der Waals surface area contributed by atoms with Crippen LogP contribution in [0.25, 0.3) is 0 Å². The molecular formula is C18H26N4O2. The van der Waals surface area contributed by atoms with Crippen LogP contribution in [-0.2, 0) is 9.59 Å². The smallest absolute Gasteiger partial charge is 0.228 e. The number of likely N-dealkylation sites (tertiary alicyclic amines) is 1. The largest absolute Gasteiger partial charge is 0.368 e. The minimum atomic E-state index is -0.158. The number of anilines is 1. The van der Waals surface area contributed by atoms with Crippen LogP contribution in [0.3, 0.4) is 0 Å². The van der Waals surface area contributed by atoms with Gasteiger partial charge < -0.3 is 14.7 Å². The van der Waals surface area contributed by atoms with Crippen LogP contribution in [0.5, 0.6) is 0 Å². The lowest BCUT2D eigenvalue weighted by molar-refractivity contribution is -0.136. The molecule has 130 valence electrons. The summed E-state index contributed by atoms with van der Waals surface area (Å²) >= 11 is 0. The fourth-order valence-electron chi connectivity index (χ4n) is 3.68. The zero-order valence-corrected chi connectivity index (χ0v) is 14.8. The predicted octanol–water partition coefficient (Wildman–Crippen LogP) is 1.22. The molecule has 0 aliphatic carbocycles. The molecule has 6 nitrogen and oxygen atoms in total. The first-order valence-electron chi connectivity index (χ1n) is 8.74. The molecular weight excluding hydrogens is 304 g/mol. The molecule has 0 bridgehead atoms. The van der Waals surface area contributed by atoms with Gasteiger partial charge in [0, 0.05) is 62.8 Å². The van der Waals surface area contributed by atoms with Crippen LogP contribution < -0.4 is 4.90 Å². The molecule has 2 aliphatic heterocycles. The maximum absolute atomic E-state index is 12.7. The van der Waals surface area contributed by atoms with Crippen LogP contribution in [0.15, 0.2) is 12.1 Å². The Morgan fingerprint density at radius 3 is 2.33 bits per heavy atom. The summed E-state index contributed by atoms with van der Waals surface area (Å²) in [6, 6.07) is 4.19. The molecule has 2 amide bonds. The Labute approximate surface area is 143 Å². The fourth-order valence-corrected chi connectivity index (χ4v) is 3.68. The zero-order valence-electron chi connectivity index (χ0n) is 14.8. The number of aromatic nitrogens is 1. The maximum atomic E-state index is 12.7. The fraction of sp³-hybridized carbons (Fsp3) is 0.611. The average molecular weight is 330 g/mol. The minimum absolute atomic E-state index is 0.109. The number of hydrogen-bond acceptors (Lipinski definition) is 4. The molecule has 0 aromatic carbocycles. The highest BCUT2D eigenvalue weighted by atomic mass is 16.2. The predicted molar refractivity (Wildman–Crippen MR) is 92.9 cm³/mol. The Morgan fingerprint density at radius 1 is 1.17 bits per heavy atom. The normalized spacial score (nSPS) is 21.5.